The maximum atomic E-state index is 11.1. The summed E-state index contributed by atoms with van der Waals surface area (Å²) in [6.07, 6.45) is 4.83. The molecule has 0 N–H and O–H groups in total. The summed E-state index contributed by atoms with van der Waals surface area (Å²) in [5.41, 5.74) is 0. The molecule has 2 atom stereocenters. The van der Waals surface area contributed by atoms with Gasteiger partial charge in [0.2, 0.25) is 0 Å². The Balaban J connectivity index is 0.000000443. The second-order valence-electron chi connectivity index (χ2n) is 5.54. The number of hydrogen-bond donors (Lipinski definition) is 0. The maximum Gasteiger partial charge on any atom is 2.00 e. The Bertz CT molecular complexity index is 560. The van der Waals surface area contributed by atoms with E-state index in [1.165, 1.54) is 12.4 Å². The third-order valence-corrected chi connectivity index (χ3v) is 3.49. The van der Waals surface area contributed by atoms with Crippen molar-refractivity contribution >= 4 is 11.6 Å². The van der Waals surface area contributed by atoms with E-state index in [1.807, 2.05) is 39.8 Å². The third-order valence-electron chi connectivity index (χ3n) is 3.49. The minimum atomic E-state index is 0. The molecule has 25 heavy (non-hydrogen) atoms. The smallest absolute Gasteiger partial charge is 0.805 e. The Morgan fingerprint density at radius 2 is 1.16 bits per heavy atom. The first-order valence-electron chi connectivity index (χ1n) is 8.26. The molecule has 2 aromatic heterocycles. The molecule has 0 aliphatic heterocycles. The van der Waals surface area contributed by atoms with Crippen LogP contribution in [0.5, 0.6) is 0 Å². The second kappa shape index (κ2) is 12.4. The SMILES string of the molecule is CCC(C)[N-]c1cccc[n+]1[O-].CCC(C)[N-]c1cccc[n+]1[O-].[Cu+2]. The van der Waals surface area contributed by atoms with E-state index in [9.17, 15) is 10.4 Å². The molecule has 141 valence electrons. The average molecular weight is 394 g/mol. The van der Waals surface area contributed by atoms with E-state index >= 15 is 0 Å². The molecule has 0 bridgehead atoms. The van der Waals surface area contributed by atoms with E-state index in [1.54, 1.807) is 24.3 Å². The molecular weight excluding hydrogens is 368 g/mol. The van der Waals surface area contributed by atoms with Crippen molar-refractivity contribution < 1.29 is 26.5 Å². The van der Waals surface area contributed by atoms with E-state index in [2.05, 4.69) is 10.6 Å². The number of pyridine rings is 2. The van der Waals surface area contributed by atoms with Crippen LogP contribution in [0.2, 0.25) is 0 Å². The molecule has 0 fully saturated rings. The standard InChI is InChI=1S/2C9H13N2O.Cu/c2*1-3-8(2)10-9-6-4-5-7-11(9)12;/h2*4-8H,3H2,1-2H3;/q2*-1;+2. The minimum absolute atomic E-state index is 0. The Morgan fingerprint density at radius 1 is 0.800 bits per heavy atom. The van der Waals surface area contributed by atoms with Gasteiger partial charge < -0.3 is 19.9 Å². The normalized spacial score (nSPS) is 12.0. The molecule has 0 saturated carbocycles. The van der Waals surface area contributed by atoms with Gasteiger partial charge in [0, 0.05) is 12.1 Å². The first kappa shape index (κ1) is 23.0. The van der Waals surface area contributed by atoms with Crippen LogP contribution in [0.25, 0.3) is 10.6 Å². The van der Waals surface area contributed by atoms with Crippen molar-refractivity contribution in [3.8, 4) is 0 Å². The van der Waals surface area contributed by atoms with Gasteiger partial charge in [-0.25, -0.2) is 0 Å². The maximum absolute atomic E-state index is 11.1. The summed E-state index contributed by atoms with van der Waals surface area (Å²) in [6, 6.07) is 10.9. The van der Waals surface area contributed by atoms with E-state index in [0.717, 1.165) is 22.3 Å². The van der Waals surface area contributed by atoms with Crippen LogP contribution in [0.15, 0.2) is 48.8 Å². The van der Waals surface area contributed by atoms with Crippen LogP contribution in [-0.2, 0) is 17.1 Å². The second-order valence-corrected chi connectivity index (χ2v) is 5.54. The molecule has 1 radical (unpaired) electrons. The van der Waals surface area contributed by atoms with E-state index in [4.69, 9.17) is 0 Å². The largest absolute Gasteiger partial charge is 2.00 e. The molecule has 2 rings (SSSR count). The summed E-state index contributed by atoms with van der Waals surface area (Å²) >= 11 is 0. The monoisotopic (exact) mass is 393 g/mol. The average Bonchev–Trinajstić information content (AvgIpc) is 2.59. The first-order valence-corrected chi connectivity index (χ1v) is 8.26. The van der Waals surface area contributed by atoms with Crippen LogP contribution >= 0.6 is 0 Å². The van der Waals surface area contributed by atoms with E-state index in [-0.39, 0.29) is 29.2 Å². The zero-order valence-electron chi connectivity index (χ0n) is 15.1. The molecule has 6 nitrogen and oxygen atoms in total. The minimum Gasteiger partial charge on any atom is -0.805 e. The van der Waals surface area contributed by atoms with Crippen molar-refractivity contribution in [2.24, 2.45) is 0 Å². The van der Waals surface area contributed by atoms with Gasteiger partial charge in [0.25, 0.3) is 0 Å². The van der Waals surface area contributed by atoms with Gasteiger partial charge in [-0.2, -0.15) is 0 Å². The Kier molecular flexibility index (Phi) is 11.4. The summed E-state index contributed by atoms with van der Waals surface area (Å²) in [4.78, 5) is 0. The fourth-order valence-corrected chi connectivity index (χ4v) is 1.67. The Hall–Kier alpha value is -1.98. The quantitative estimate of drug-likeness (QED) is 0.417. The van der Waals surface area contributed by atoms with Gasteiger partial charge in [-0.05, 0) is 63.3 Å². The Labute approximate surface area is 160 Å². The molecule has 0 amide bonds. The molecule has 7 heteroatoms. The summed E-state index contributed by atoms with van der Waals surface area (Å²) in [6.45, 7) is 8.08. The van der Waals surface area contributed by atoms with Crippen LogP contribution in [-0.4, -0.2) is 12.1 Å². The van der Waals surface area contributed by atoms with Gasteiger partial charge in [0.15, 0.2) is 0 Å². The van der Waals surface area contributed by atoms with Gasteiger partial charge in [0.05, 0.1) is 0 Å². The fraction of sp³-hybridized carbons (Fsp3) is 0.444. The zero-order valence-corrected chi connectivity index (χ0v) is 16.0. The van der Waals surface area contributed by atoms with Gasteiger partial charge in [-0.15, -0.1) is 0 Å². The van der Waals surface area contributed by atoms with Gasteiger partial charge >= 0.3 is 17.1 Å². The molecular formula is C18H26CuN4O2. The van der Waals surface area contributed by atoms with Gasteiger partial charge in [-0.3, -0.25) is 10.6 Å². The zero-order chi connectivity index (χ0) is 17.9. The van der Waals surface area contributed by atoms with Crippen molar-refractivity contribution in [2.45, 2.75) is 52.6 Å². The summed E-state index contributed by atoms with van der Waals surface area (Å²) in [5, 5.41) is 30.6. The molecule has 0 aliphatic carbocycles. The van der Waals surface area contributed by atoms with Crippen molar-refractivity contribution in [2.75, 3.05) is 0 Å². The molecule has 2 heterocycles. The number of aromatic nitrogens is 2. The van der Waals surface area contributed by atoms with Crippen LogP contribution in [0.1, 0.15) is 40.5 Å². The topological polar surface area (TPSA) is 82.1 Å². The number of hydrogen-bond acceptors (Lipinski definition) is 2. The number of nitrogens with zero attached hydrogens (tertiary/aromatic N) is 4. The van der Waals surface area contributed by atoms with Gasteiger partial charge in [0.1, 0.15) is 11.6 Å². The van der Waals surface area contributed by atoms with Crippen LogP contribution in [0, 0.1) is 10.4 Å². The molecule has 0 saturated heterocycles. The first-order chi connectivity index (χ1) is 11.5. The summed E-state index contributed by atoms with van der Waals surface area (Å²) in [5.74, 6) is 0.985. The predicted octanol–water partition coefficient (Wildman–Crippen LogP) is 4.24. The van der Waals surface area contributed by atoms with Crippen molar-refractivity contribution in [3.63, 3.8) is 0 Å². The van der Waals surface area contributed by atoms with Crippen LogP contribution < -0.4 is 9.46 Å². The van der Waals surface area contributed by atoms with Crippen molar-refractivity contribution in [1.82, 2.24) is 0 Å². The number of rotatable bonds is 6. The van der Waals surface area contributed by atoms with Crippen LogP contribution in [0.3, 0.4) is 0 Å². The van der Waals surface area contributed by atoms with Crippen molar-refractivity contribution in [3.05, 3.63) is 69.8 Å². The fourth-order valence-electron chi connectivity index (χ4n) is 1.67. The molecule has 0 aromatic carbocycles. The van der Waals surface area contributed by atoms with E-state index < -0.39 is 0 Å². The van der Waals surface area contributed by atoms with E-state index in [0.29, 0.717) is 11.6 Å². The molecule has 0 aliphatic rings. The van der Waals surface area contributed by atoms with Gasteiger partial charge in [-0.1, -0.05) is 26.0 Å². The molecule has 0 spiro atoms. The summed E-state index contributed by atoms with van der Waals surface area (Å²) in [7, 11) is 0. The molecule has 2 unspecified atom stereocenters. The van der Waals surface area contributed by atoms with Crippen LogP contribution in [0.4, 0.5) is 11.6 Å². The third kappa shape index (κ3) is 8.61. The molecule has 2 aromatic rings. The summed E-state index contributed by atoms with van der Waals surface area (Å²) < 4.78 is 1.57. The van der Waals surface area contributed by atoms with Crippen molar-refractivity contribution in [1.29, 1.82) is 0 Å². The Morgan fingerprint density at radius 3 is 1.44 bits per heavy atom. The predicted molar refractivity (Wildman–Crippen MR) is 96.3 cm³/mol.